The van der Waals surface area contributed by atoms with E-state index >= 15 is 0 Å². The van der Waals surface area contributed by atoms with Crippen LogP contribution in [-0.2, 0) is 43.2 Å². The molecular weight excluding hydrogens is 528 g/mol. The van der Waals surface area contributed by atoms with Gasteiger partial charge in [-0.2, -0.15) is 0 Å². The first-order chi connectivity index (χ1) is 18.0. The van der Waals surface area contributed by atoms with Crippen molar-refractivity contribution in [2.24, 2.45) is 0 Å². The van der Waals surface area contributed by atoms with Crippen molar-refractivity contribution in [1.82, 2.24) is 20.9 Å². The smallest absolute Gasteiger partial charge is 0.407 e. The molecule has 16 heteroatoms. The Labute approximate surface area is 222 Å². The minimum Gasteiger partial charge on any atom is -0.463 e. The Morgan fingerprint density at radius 1 is 0.763 bits per heavy atom. The monoisotopic (exact) mass is 566 g/mol. The number of carbonyl (C=O) groups is 5. The zero-order valence-corrected chi connectivity index (χ0v) is 22.6. The number of nitrogens with zero attached hydrogens (tertiary/aromatic N) is 1. The molecule has 0 saturated carbocycles. The molecule has 0 spiro atoms. The molecule has 0 radical (unpaired) electrons. The van der Waals surface area contributed by atoms with Gasteiger partial charge in [0.1, 0.15) is 26.3 Å². The number of hydrogen-bond donors (Lipinski definition) is 3. The topological polar surface area (TPSA) is 196 Å². The summed E-state index contributed by atoms with van der Waals surface area (Å²) in [6.45, 7) is 5.89. The van der Waals surface area contributed by atoms with Gasteiger partial charge in [0.15, 0.2) is 9.84 Å². The number of sulfone groups is 1. The van der Waals surface area contributed by atoms with Gasteiger partial charge in [0.25, 0.3) is 0 Å². The quantitative estimate of drug-likeness (QED) is 0.124. The predicted molar refractivity (Wildman–Crippen MR) is 135 cm³/mol. The Kier molecular flexibility index (Phi) is 18.8. The van der Waals surface area contributed by atoms with E-state index < -0.39 is 53.0 Å². The fourth-order valence-electron chi connectivity index (χ4n) is 2.40. The van der Waals surface area contributed by atoms with Crippen molar-refractivity contribution in [1.29, 1.82) is 0 Å². The van der Waals surface area contributed by atoms with Gasteiger partial charge in [0.05, 0.1) is 25.5 Å². The Morgan fingerprint density at radius 2 is 1.24 bits per heavy atom. The number of hydrogen-bond acceptors (Lipinski definition) is 12. The fourth-order valence-corrected chi connectivity index (χ4v) is 2.96. The summed E-state index contributed by atoms with van der Waals surface area (Å²) in [6.07, 6.45) is -0.253. The van der Waals surface area contributed by atoms with Crippen molar-refractivity contribution in [2.45, 2.75) is 26.7 Å². The molecule has 0 bridgehead atoms. The van der Waals surface area contributed by atoms with Crippen molar-refractivity contribution in [2.75, 3.05) is 71.4 Å². The standard InChI is InChI=1S/C22H38N4O11S/c1-4-10-36-21(30)24-15-19(28)34-12-8-26(17-18(27)23-7-14-38(32,33)6-3)9-13-35-20(29)16-25-22(31)37-11-5-2/h6H,3-5,7-17H2,1-2H3,(H,23,27)(H,24,30)(H,25,31). The third-order valence-electron chi connectivity index (χ3n) is 4.30. The number of esters is 2. The van der Waals surface area contributed by atoms with Crippen LogP contribution < -0.4 is 16.0 Å². The third-order valence-corrected chi connectivity index (χ3v) is 5.58. The number of alkyl carbamates (subject to hydrolysis) is 2. The largest absolute Gasteiger partial charge is 0.463 e. The zero-order valence-electron chi connectivity index (χ0n) is 21.8. The second kappa shape index (κ2) is 20.6. The van der Waals surface area contributed by atoms with Crippen LogP contribution in [0.5, 0.6) is 0 Å². The maximum absolute atomic E-state index is 12.2. The van der Waals surface area contributed by atoms with Crippen LogP contribution >= 0.6 is 0 Å². The van der Waals surface area contributed by atoms with Crippen LogP contribution in [0.3, 0.4) is 0 Å². The van der Waals surface area contributed by atoms with E-state index in [1.165, 1.54) is 4.90 Å². The van der Waals surface area contributed by atoms with Crippen molar-refractivity contribution in [3.05, 3.63) is 12.0 Å². The van der Waals surface area contributed by atoms with Crippen LogP contribution in [0.2, 0.25) is 0 Å². The van der Waals surface area contributed by atoms with Crippen molar-refractivity contribution in [3.8, 4) is 0 Å². The lowest BCUT2D eigenvalue weighted by molar-refractivity contribution is -0.143. The van der Waals surface area contributed by atoms with Crippen LogP contribution in [0.15, 0.2) is 12.0 Å². The van der Waals surface area contributed by atoms with Crippen LogP contribution in [0.25, 0.3) is 0 Å². The summed E-state index contributed by atoms with van der Waals surface area (Å²) < 4.78 is 42.5. The lowest BCUT2D eigenvalue weighted by atomic mass is 10.4. The van der Waals surface area contributed by atoms with E-state index in [1.807, 2.05) is 13.8 Å². The van der Waals surface area contributed by atoms with Crippen molar-refractivity contribution < 1.29 is 51.3 Å². The maximum Gasteiger partial charge on any atom is 0.407 e. The highest BCUT2D eigenvalue weighted by atomic mass is 32.2. The summed E-state index contributed by atoms with van der Waals surface area (Å²) in [5.41, 5.74) is 0. The molecule has 38 heavy (non-hydrogen) atoms. The van der Waals surface area contributed by atoms with E-state index in [0.717, 1.165) is 5.41 Å². The highest BCUT2D eigenvalue weighted by molar-refractivity contribution is 7.94. The zero-order chi connectivity index (χ0) is 28.8. The summed E-state index contributed by atoms with van der Waals surface area (Å²) in [4.78, 5) is 60.1. The summed E-state index contributed by atoms with van der Waals surface area (Å²) in [5.74, 6) is -2.30. The fraction of sp³-hybridized carbons (Fsp3) is 0.682. The average molecular weight is 567 g/mol. The molecule has 0 saturated heterocycles. The highest BCUT2D eigenvalue weighted by Gasteiger charge is 2.15. The molecule has 0 aromatic heterocycles. The molecule has 0 aliphatic heterocycles. The second-order valence-electron chi connectivity index (χ2n) is 7.58. The summed E-state index contributed by atoms with van der Waals surface area (Å²) >= 11 is 0. The normalized spacial score (nSPS) is 10.7. The van der Waals surface area contributed by atoms with Gasteiger partial charge in [0.2, 0.25) is 5.91 Å². The van der Waals surface area contributed by atoms with E-state index in [2.05, 4.69) is 22.5 Å². The van der Waals surface area contributed by atoms with Crippen molar-refractivity contribution >= 4 is 39.9 Å². The molecule has 0 unspecified atom stereocenters. The molecule has 0 atom stereocenters. The first-order valence-electron chi connectivity index (χ1n) is 12.0. The van der Waals surface area contributed by atoms with Gasteiger partial charge in [-0.15, -0.1) is 0 Å². The van der Waals surface area contributed by atoms with E-state index in [9.17, 15) is 32.4 Å². The van der Waals surface area contributed by atoms with E-state index in [-0.39, 0.29) is 58.4 Å². The minimum absolute atomic E-state index is 0.0591. The molecule has 3 amide bonds. The lowest BCUT2D eigenvalue weighted by Gasteiger charge is -2.21. The minimum atomic E-state index is -3.48. The molecule has 0 heterocycles. The van der Waals surface area contributed by atoms with Crippen LogP contribution in [-0.4, -0.2) is 115 Å². The maximum atomic E-state index is 12.2. The van der Waals surface area contributed by atoms with E-state index in [1.54, 1.807) is 0 Å². The molecule has 0 aliphatic rings. The van der Waals surface area contributed by atoms with Gasteiger partial charge >= 0.3 is 24.1 Å². The number of carbonyl (C=O) groups excluding carboxylic acids is 5. The first-order valence-corrected chi connectivity index (χ1v) is 13.7. The van der Waals surface area contributed by atoms with Crippen molar-refractivity contribution in [3.63, 3.8) is 0 Å². The molecule has 218 valence electrons. The second-order valence-corrected chi connectivity index (χ2v) is 9.65. The summed E-state index contributed by atoms with van der Waals surface area (Å²) in [6, 6.07) is 0. The predicted octanol–water partition coefficient (Wildman–Crippen LogP) is -0.678. The van der Waals surface area contributed by atoms with Gasteiger partial charge in [-0.25, -0.2) is 18.0 Å². The summed E-state index contributed by atoms with van der Waals surface area (Å²) in [5, 5.41) is 7.73. The molecule has 15 nitrogen and oxygen atoms in total. The Balaban J connectivity index is 4.64. The molecule has 0 aromatic carbocycles. The number of amides is 3. The van der Waals surface area contributed by atoms with Gasteiger partial charge in [-0.3, -0.25) is 19.3 Å². The molecular formula is C22H38N4O11S. The third kappa shape index (κ3) is 19.7. The highest BCUT2D eigenvalue weighted by Crippen LogP contribution is 1.94. The molecule has 0 fully saturated rings. The van der Waals surface area contributed by atoms with Crippen LogP contribution in [0.1, 0.15) is 26.7 Å². The van der Waals surface area contributed by atoms with Crippen LogP contribution in [0, 0.1) is 0 Å². The van der Waals surface area contributed by atoms with E-state index in [0.29, 0.717) is 12.8 Å². The number of rotatable bonds is 20. The molecule has 0 aromatic rings. The lowest BCUT2D eigenvalue weighted by Crippen LogP contribution is -2.42. The molecule has 3 N–H and O–H groups in total. The van der Waals surface area contributed by atoms with E-state index in [4.69, 9.17) is 18.9 Å². The molecule has 0 aliphatic carbocycles. The SMILES string of the molecule is C=CS(=O)(=O)CCNC(=O)CN(CCOC(=O)CNC(=O)OCCC)CCOC(=O)CNC(=O)OCCC. The Hall–Kier alpha value is -3.40. The van der Waals surface area contributed by atoms with Gasteiger partial charge in [-0.1, -0.05) is 20.4 Å². The summed E-state index contributed by atoms with van der Waals surface area (Å²) in [7, 11) is -3.48. The Morgan fingerprint density at radius 3 is 1.66 bits per heavy atom. The van der Waals surface area contributed by atoms with Gasteiger partial charge < -0.3 is 34.9 Å². The van der Waals surface area contributed by atoms with Crippen LogP contribution in [0.4, 0.5) is 9.59 Å². The number of ether oxygens (including phenoxy) is 4. The average Bonchev–Trinajstić information content (AvgIpc) is 2.87. The van der Waals surface area contributed by atoms with Gasteiger partial charge in [0, 0.05) is 25.0 Å². The molecule has 0 rings (SSSR count). The van der Waals surface area contributed by atoms with Gasteiger partial charge in [-0.05, 0) is 12.8 Å². The first kappa shape index (κ1) is 34.6. The Bertz CT molecular complexity index is 839. The number of nitrogens with one attached hydrogen (secondary N) is 3.